The van der Waals surface area contributed by atoms with Crippen LogP contribution >= 0.6 is 0 Å². The molecule has 3 aromatic rings. The summed E-state index contributed by atoms with van der Waals surface area (Å²) < 4.78 is 47.6. The number of hydrazine groups is 1. The van der Waals surface area contributed by atoms with E-state index in [2.05, 4.69) is 15.4 Å². The van der Waals surface area contributed by atoms with Crippen LogP contribution < -0.4 is 15.1 Å². The van der Waals surface area contributed by atoms with Crippen molar-refractivity contribution in [3.63, 3.8) is 0 Å². The van der Waals surface area contributed by atoms with Gasteiger partial charge in [-0.1, -0.05) is 0 Å². The summed E-state index contributed by atoms with van der Waals surface area (Å²) >= 11 is 0. The second-order valence-electron chi connectivity index (χ2n) is 7.69. The summed E-state index contributed by atoms with van der Waals surface area (Å²) in [6.45, 7) is 2.19. The first kappa shape index (κ1) is 23.8. The zero-order valence-electron chi connectivity index (χ0n) is 18.8. The highest BCUT2D eigenvalue weighted by atomic mass is 19.2. The molecule has 9 nitrogen and oxygen atoms in total. The van der Waals surface area contributed by atoms with Gasteiger partial charge in [0.1, 0.15) is 6.33 Å². The highest BCUT2D eigenvalue weighted by Crippen LogP contribution is 2.25. The number of benzene rings is 1. The van der Waals surface area contributed by atoms with E-state index in [0.717, 1.165) is 27.7 Å². The van der Waals surface area contributed by atoms with Gasteiger partial charge in [-0.05, 0) is 31.1 Å². The van der Waals surface area contributed by atoms with Gasteiger partial charge < -0.3 is 4.74 Å². The summed E-state index contributed by atoms with van der Waals surface area (Å²) in [5.41, 5.74) is 3.68. The predicted molar refractivity (Wildman–Crippen MR) is 120 cm³/mol. The number of hydrogen-bond donors (Lipinski definition) is 1. The van der Waals surface area contributed by atoms with Crippen molar-refractivity contribution in [2.75, 3.05) is 25.1 Å². The van der Waals surface area contributed by atoms with Gasteiger partial charge in [0.05, 0.1) is 18.5 Å². The van der Waals surface area contributed by atoms with Crippen LogP contribution in [0, 0.1) is 24.4 Å². The molecule has 3 amide bonds. The monoisotopic (exact) mass is 486 g/mol. The van der Waals surface area contributed by atoms with Crippen LogP contribution in [0.1, 0.15) is 17.7 Å². The van der Waals surface area contributed by atoms with E-state index >= 15 is 0 Å². The third-order valence-corrected chi connectivity index (χ3v) is 5.21. The van der Waals surface area contributed by atoms with Gasteiger partial charge in [-0.2, -0.15) is 0 Å². The molecule has 0 radical (unpaired) electrons. The molecule has 1 N–H and O–H groups in total. The van der Waals surface area contributed by atoms with Gasteiger partial charge in [0.2, 0.25) is 0 Å². The van der Waals surface area contributed by atoms with Crippen molar-refractivity contribution in [3.8, 4) is 11.6 Å². The Morgan fingerprint density at radius 3 is 2.54 bits per heavy atom. The standard InChI is InChI=1S/C23H21F3N6O3/c1-14-12-30(13-28-14)22-19(35-2)8-15(11-27-22)4-5-20(33)29-32-7-3-6-31(23(32)34)16-9-17(24)21(26)18(25)10-16/h4-5,8-13H,3,6-7H2,1-2H3,(H,29,33). The number of methoxy groups -OCH3 is 1. The lowest BCUT2D eigenvalue weighted by atomic mass is 10.2. The lowest BCUT2D eigenvalue weighted by molar-refractivity contribution is -0.120. The molecule has 0 unspecified atom stereocenters. The Balaban J connectivity index is 1.44. The zero-order chi connectivity index (χ0) is 25.1. The first-order valence-corrected chi connectivity index (χ1v) is 10.5. The summed E-state index contributed by atoms with van der Waals surface area (Å²) in [5.74, 6) is -4.05. The Kier molecular flexibility index (Phi) is 6.71. The second-order valence-corrected chi connectivity index (χ2v) is 7.69. The quantitative estimate of drug-likeness (QED) is 0.426. The molecule has 1 aromatic carbocycles. The molecule has 1 fully saturated rings. The summed E-state index contributed by atoms with van der Waals surface area (Å²) in [7, 11) is 1.50. The van der Waals surface area contributed by atoms with Gasteiger partial charge in [-0.15, -0.1) is 0 Å². The van der Waals surface area contributed by atoms with Crippen LogP contribution in [0.2, 0.25) is 0 Å². The Morgan fingerprint density at radius 1 is 1.14 bits per heavy atom. The number of urea groups is 1. The van der Waals surface area contributed by atoms with Crippen LogP contribution in [0.3, 0.4) is 0 Å². The van der Waals surface area contributed by atoms with Crippen molar-refractivity contribution in [1.82, 2.24) is 25.0 Å². The van der Waals surface area contributed by atoms with Crippen molar-refractivity contribution in [1.29, 1.82) is 0 Å². The lowest BCUT2D eigenvalue weighted by Crippen LogP contribution is -2.56. The maximum Gasteiger partial charge on any atom is 0.343 e. The van der Waals surface area contributed by atoms with Crippen LogP contribution in [0.5, 0.6) is 5.75 Å². The molecule has 0 saturated carbocycles. The summed E-state index contributed by atoms with van der Waals surface area (Å²) in [6, 6.07) is 2.45. The van der Waals surface area contributed by atoms with Crippen LogP contribution in [-0.2, 0) is 4.79 Å². The average Bonchev–Trinajstić information content (AvgIpc) is 3.28. The Hall–Kier alpha value is -4.35. The summed E-state index contributed by atoms with van der Waals surface area (Å²) in [5, 5.41) is 1.03. The Labute approximate surface area is 198 Å². The van der Waals surface area contributed by atoms with Crippen molar-refractivity contribution in [3.05, 3.63) is 71.7 Å². The van der Waals surface area contributed by atoms with Gasteiger partial charge in [-0.25, -0.2) is 32.9 Å². The molecule has 2 aromatic heterocycles. The van der Waals surface area contributed by atoms with Crippen LogP contribution in [-0.4, -0.2) is 51.7 Å². The molecule has 4 rings (SSSR count). The van der Waals surface area contributed by atoms with Crippen LogP contribution in [0.25, 0.3) is 11.9 Å². The zero-order valence-corrected chi connectivity index (χ0v) is 18.8. The van der Waals surface area contributed by atoms with Crippen LogP contribution in [0.15, 0.2) is 43.0 Å². The van der Waals surface area contributed by atoms with Gasteiger partial charge in [0.15, 0.2) is 29.0 Å². The van der Waals surface area contributed by atoms with E-state index in [9.17, 15) is 22.8 Å². The number of aryl methyl sites for hydroxylation is 1. The third-order valence-electron chi connectivity index (χ3n) is 5.21. The number of anilines is 1. The van der Waals surface area contributed by atoms with E-state index in [1.807, 2.05) is 6.92 Å². The molecule has 1 aliphatic heterocycles. The molecule has 0 atom stereocenters. The second kappa shape index (κ2) is 9.87. The van der Waals surface area contributed by atoms with E-state index in [1.165, 1.54) is 19.3 Å². The number of halogens is 3. The van der Waals surface area contributed by atoms with Gasteiger partial charge in [0.25, 0.3) is 5.91 Å². The molecule has 0 aliphatic carbocycles. The maximum absolute atomic E-state index is 13.6. The number of imidazole rings is 1. The van der Waals surface area contributed by atoms with Crippen molar-refractivity contribution < 1.29 is 27.5 Å². The maximum atomic E-state index is 13.6. The number of amides is 3. The van der Waals surface area contributed by atoms with E-state index in [4.69, 9.17) is 4.74 Å². The fourth-order valence-electron chi connectivity index (χ4n) is 3.53. The number of aromatic nitrogens is 3. The molecule has 0 bridgehead atoms. The number of carbonyl (C=O) groups is 2. The summed E-state index contributed by atoms with van der Waals surface area (Å²) in [4.78, 5) is 34.7. The van der Waals surface area contributed by atoms with E-state index in [-0.39, 0.29) is 18.8 Å². The normalized spacial score (nSPS) is 14.0. The molecule has 1 saturated heterocycles. The van der Waals surface area contributed by atoms with E-state index in [1.54, 1.807) is 29.4 Å². The Bertz CT molecular complexity index is 1290. The fourth-order valence-corrected chi connectivity index (χ4v) is 3.53. The largest absolute Gasteiger partial charge is 0.493 e. The van der Waals surface area contributed by atoms with E-state index < -0.39 is 29.4 Å². The van der Waals surface area contributed by atoms with Crippen molar-refractivity contribution in [2.24, 2.45) is 0 Å². The molecule has 3 heterocycles. The van der Waals surface area contributed by atoms with Crippen molar-refractivity contribution >= 4 is 23.7 Å². The fraction of sp³-hybridized carbons (Fsp3) is 0.217. The van der Waals surface area contributed by atoms with Crippen LogP contribution in [0.4, 0.5) is 23.7 Å². The molecule has 182 valence electrons. The first-order valence-electron chi connectivity index (χ1n) is 10.5. The first-order chi connectivity index (χ1) is 16.8. The smallest absolute Gasteiger partial charge is 0.343 e. The van der Waals surface area contributed by atoms with Gasteiger partial charge >= 0.3 is 6.03 Å². The number of pyridine rings is 1. The number of nitrogens with one attached hydrogen (secondary N) is 1. The molecule has 35 heavy (non-hydrogen) atoms. The SMILES string of the molecule is COc1cc(C=CC(=O)NN2CCCN(c3cc(F)c(F)c(F)c3)C2=O)cnc1-n1cnc(C)c1. The number of nitrogens with zero attached hydrogens (tertiary/aromatic N) is 5. The van der Waals surface area contributed by atoms with E-state index in [0.29, 0.717) is 23.6 Å². The topological polar surface area (TPSA) is 92.6 Å². The van der Waals surface area contributed by atoms with Crippen molar-refractivity contribution in [2.45, 2.75) is 13.3 Å². The Morgan fingerprint density at radius 2 is 1.89 bits per heavy atom. The average molecular weight is 486 g/mol. The lowest BCUT2D eigenvalue weighted by Gasteiger charge is -2.35. The highest BCUT2D eigenvalue weighted by molar-refractivity contribution is 5.97. The third kappa shape index (κ3) is 5.10. The molecule has 0 spiro atoms. The number of hydrogen-bond acceptors (Lipinski definition) is 5. The minimum Gasteiger partial charge on any atom is -0.493 e. The molecule has 12 heteroatoms. The van der Waals surface area contributed by atoms with Gasteiger partial charge in [0, 0.05) is 43.7 Å². The minimum atomic E-state index is -1.62. The highest BCUT2D eigenvalue weighted by Gasteiger charge is 2.29. The number of ether oxygens (including phenoxy) is 1. The van der Waals surface area contributed by atoms with Gasteiger partial charge in [-0.3, -0.25) is 19.7 Å². The predicted octanol–water partition coefficient (Wildman–Crippen LogP) is 3.38. The number of rotatable bonds is 6. The molecular weight excluding hydrogens is 465 g/mol. The molecular formula is C23H21F3N6O3. The number of carbonyl (C=O) groups excluding carboxylic acids is 2. The summed E-state index contributed by atoms with van der Waals surface area (Å²) in [6.07, 6.45) is 8.05. The minimum absolute atomic E-state index is 0.146. The molecule has 1 aliphatic rings.